The van der Waals surface area contributed by atoms with Crippen molar-refractivity contribution in [2.24, 2.45) is 17.3 Å². The molecule has 2 N–H and O–H groups in total. The molecule has 30 heavy (non-hydrogen) atoms. The number of carbonyl (C=O) groups excluding carboxylic acids is 1. The predicted molar refractivity (Wildman–Crippen MR) is 110 cm³/mol. The highest BCUT2D eigenvalue weighted by Gasteiger charge is 2.59. The first kappa shape index (κ1) is 19.4. The van der Waals surface area contributed by atoms with Crippen molar-refractivity contribution in [2.45, 2.75) is 50.5 Å². The highest BCUT2D eigenvalue weighted by molar-refractivity contribution is 6.33. The van der Waals surface area contributed by atoms with Gasteiger partial charge in [0.1, 0.15) is 10.8 Å². The van der Waals surface area contributed by atoms with Crippen molar-refractivity contribution in [3.8, 4) is 5.75 Å². The lowest BCUT2D eigenvalue weighted by Gasteiger charge is -2.62. The van der Waals surface area contributed by atoms with Crippen LogP contribution in [0, 0.1) is 17.3 Å². The number of aromatic nitrogens is 2. The highest BCUT2D eigenvalue weighted by atomic mass is 35.5. The average molecular weight is 429 g/mol. The van der Waals surface area contributed by atoms with E-state index in [0.29, 0.717) is 29.6 Å². The number of phenolic OH excluding ortho intramolecular Hbond substituents is 1. The SMILES string of the molecule is O=C([O-])CC12C[C@H]3C[C@@H](C1)CC(n1ncc(Nc4cccc(O)c4)c(Cl)c1=O)(C3)C2. The third-order valence-electron chi connectivity index (χ3n) is 7.16. The van der Waals surface area contributed by atoms with Gasteiger partial charge in [-0.15, -0.1) is 0 Å². The first-order chi connectivity index (χ1) is 14.3. The molecule has 4 saturated carbocycles. The normalized spacial score (nSPS) is 31.6. The van der Waals surface area contributed by atoms with Gasteiger partial charge >= 0.3 is 0 Å². The Hall–Kier alpha value is -2.54. The molecule has 2 aromatic rings. The van der Waals surface area contributed by atoms with Crippen LogP contribution in [0.15, 0.2) is 35.3 Å². The number of aliphatic carboxylic acids is 1. The van der Waals surface area contributed by atoms with E-state index in [1.54, 1.807) is 18.2 Å². The summed E-state index contributed by atoms with van der Waals surface area (Å²) in [5.74, 6) is -0.105. The fraction of sp³-hybridized carbons (Fsp3) is 0.500. The molecule has 6 rings (SSSR count). The van der Waals surface area contributed by atoms with E-state index < -0.39 is 11.5 Å². The fourth-order valence-electron chi connectivity index (χ4n) is 6.76. The second kappa shape index (κ2) is 6.74. The minimum absolute atomic E-state index is 0.0399. The highest BCUT2D eigenvalue weighted by Crippen LogP contribution is 2.64. The zero-order valence-electron chi connectivity index (χ0n) is 16.4. The van der Waals surface area contributed by atoms with Crippen molar-refractivity contribution >= 4 is 28.9 Å². The number of hydrogen-bond donors (Lipinski definition) is 2. The van der Waals surface area contributed by atoms with Crippen LogP contribution in [0.2, 0.25) is 5.02 Å². The van der Waals surface area contributed by atoms with Crippen molar-refractivity contribution in [1.82, 2.24) is 9.78 Å². The van der Waals surface area contributed by atoms with Crippen molar-refractivity contribution in [1.29, 1.82) is 0 Å². The molecule has 4 fully saturated rings. The maximum atomic E-state index is 13.2. The molecule has 2 unspecified atom stereocenters. The molecular formula is C22H23ClN3O4-. The molecular weight excluding hydrogens is 406 g/mol. The van der Waals surface area contributed by atoms with Gasteiger partial charge in [-0.3, -0.25) is 4.79 Å². The second-order valence-electron chi connectivity index (χ2n) is 9.50. The number of carboxylic acids is 1. The van der Waals surface area contributed by atoms with Crippen LogP contribution in [-0.2, 0) is 10.3 Å². The minimum atomic E-state index is -1.02. The quantitative estimate of drug-likeness (QED) is 0.758. The van der Waals surface area contributed by atoms with E-state index in [1.165, 1.54) is 16.9 Å². The predicted octanol–water partition coefficient (Wildman–Crippen LogP) is 2.78. The molecule has 4 bridgehead atoms. The van der Waals surface area contributed by atoms with E-state index in [4.69, 9.17) is 11.6 Å². The molecule has 4 aliphatic rings. The van der Waals surface area contributed by atoms with Gasteiger partial charge in [0, 0.05) is 17.7 Å². The molecule has 0 aliphatic heterocycles. The first-order valence-electron chi connectivity index (χ1n) is 10.3. The molecule has 1 aromatic heterocycles. The molecule has 4 aliphatic carbocycles. The maximum absolute atomic E-state index is 13.2. The van der Waals surface area contributed by atoms with Crippen molar-refractivity contribution < 1.29 is 15.0 Å². The van der Waals surface area contributed by atoms with Crippen LogP contribution in [0.1, 0.15) is 44.9 Å². The Morgan fingerprint density at radius 3 is 2.70 bits per heavy atom. The number of nitrogens with one attached hydrogen (secondary N) is 1. The number of phenols is 1. The van der Waals surface area contributed by atoms with Gasteiger partial charge in [-0.1, -0.05) is 17.7 Å². The summed E-state index contributed by atoms with van der Waals surface area (Å²) in [6.07, 6.45) is 6.75. The summed E-state index contributed by atoms with van der Waals surface area (Å²) in [4.78, 5) is 24.7. The van der Waals surface area contributed by atoms with Crippen molar-refractivity contribution in [3.05, 3.63) is 45.8 Å². The minimum Gasteiger partial charge on any atom is -0.550 e. The number of benzene rings is 1. The summed E-state index contributed by atoms with van der Waals surface area (Å²) in [5, 5.41) is 28.7. The van der Waals surface area contributed by atoms with Crippen molar-refractivity contribution in [3.63, 3.8) is 0 Å². The number of hydrogen-bond acceptors (Lipinski definition) is 6. The van der Waals surface area contributed by atoms with E-state index in [0.717, 1.165) is 32.1 Å². The Morgan fingerprint density at radius 1 is 1.30 bits per heavy atom. The van der Waals surface area contributed by atoms with Gasteiger partial charge in [-0.05, 0) is 74.3 Å². The summed E-state index contributed by atoms with van der Waals surface area (Å²) in [5.41, 5.74) is -0.192. The van der Waals surface area contributed by atoms with Crippen molar-refractivity contribution in [2.75, 3.05) is 5.32 Å². The monoisotopic (exact) mass is 428 g/mol. The zero-order chi connectivity index (χ0) is 21.1. The molecule has 4 atom stereocenters. The number of rotatable bonds is 5. The topological polar surface area (TPSA) is 107 Å². The van der Waals surface area contributed by atoms with Gasteiger partial charge in [0.25, 0.3) is 5.56 Å². The lowest BCUT2D eigenvalue weighted by atomic mass is 9.46. The second-order valence-corrected chi connectivity index (χ2v) is 9.88. The van der Waals surface area contributed by atoms with Gasteiger partial charge in [-0.2, -0.15) is 5.10 Å². The van der Waals surface area contributed by atoms with Crippen LogP contribution in [0.3, 0.4) is 0 Å². The summed E-state index contributed by atoms with van der Waals surface area (Å²) in [6, 6.07) is 6.53. The Kier molecular flexibility index (Phi) is 4.36. The summed E-state index contributed by atoms with van der Waals surface area (Å²) >= 11 is 6.44. The molecule has 0 spiro atoms. The number of carboxylic acid groups (broad SMARTS) is 1. The molecule has 0 radical (unpaired) electrons. The lowest BCUT2D eigenvalue weighted by molar-refractivity contribution is -0.310. The number of nitrogens with zero attached hydrogens (tertiary/aromatic N) is 2. The Balaban J connectivity index is 1.51. The third-order valence-corrected chi connectivity index (χ3v) is 7.53. The molecule has 1 heterocycles. The molecule has 0 amide bonds. The number of halogens is 1. The van der Waals surface area contributed by atoms with E-state index in [1.807, 2.05) is 0 Å². The molecule has 7 nitrogen and oxygen atoms in total. The van der Waals surface area contributed by atoms with Gasteiger partial charge in [0.15, 0.2) is 0 Å². The van der Waals surface area contributed by atoms with E-state index in [2.05, 4.69) is 10.4 Å². The summed E-state index contributed by atoms with van der Waals surface area (Å²) in [7, 11) is 0. The number of anilines is 2. The van der Waals surface area contributed by atoms with Crippen LogP contribution in [0.5, 0.6) is 5.75 Å². The van der Waals surface area contributed by atoms with Crippen LogP contribution in [0.25, 0.3) is 0 Å². The van der Waals surface area contributed by atoms with Crippen LogP contribution in [0.4, 0.5) is 11.4 Å². The maximum Gasteiger partial charge on any atom is 0.288 e. The van der Waals surface area contributed by atoms with Crippen LogP contribution < -0.4 is 16.0 Å². The third kappa shape index (κ3) is 3.16. The smallest absolute Gasteiger partial charge is 0.288 e. The van der Waals surface area contributed by atoms with E-state index >= 15 is 0 Å². The summed E-state index contributed by atoms with van der Waals surface area (Å²) < 4.78 is 1.52. The van der Waals surface area contributed by atoms with Crippen LogP contribution in [-0.4, -0.2) is 20.9 Å². The lowest BCUT2D eigenvalue weighted by Crippen LogP contribution is -2.60. The van der Waals surface area contributed by atoms with Gasteiger partial charge in [0.2, 0.25) is 0 Å². The van der Waals surface area contributed by atoms with Gasteiger partial charge in [-0.25, -0.2) is 4.68 Å². The average Bonchev–Trinajstić information content (AvgIpc) is 2.63. The number of aromatic hydroxyl groups is 1. The zero-order valence-corrected chi connectivity index (χ0v) is 17.2. The van der Waals surface area contributed by atoms with Gasteiger partial charge in [0.05, 0.1) is 17.4 Å². The molecule has 0 saturated heterocycles. The Morgan fingerprint density at radius 2 is 2.03 bits per heavy atom. The van der Waals surface area contributed by atoms with Gasteiger partial charge < -0.3 is 20.3 Å². The Bertz CT molecular complexity index is 1070. The molecule has 8 heteroatoms. The molecule has 158 valence electrons. The fourth-order valence-corrected chi connectivity index (χ4v) is 6.94. The Labute approximate surface area is 178 Å². The molecule has 1 aromatic carbocycles. The van der Waals surface area contributed by atoms with E-state index in [-0.39, 0.29) is 28.2 Å². The van der Waals surface area contributed by atoms with E-state index in [9.17, 15) is 19.8 Å². The largest absolute Gasteiger partial charge is 0.550 e. The van der Waals surface area contributed by atoms with Crippen LogP contribution >= 0.6 is 11.6 Å². The summed E-state index contributed by atoms with van der Waals surface area (Å²) in [6.45, 7) is 0. The standard InChI is InChI=1S/C22H24ClN3O4/c23-19-17(25-15-2-1-3-16(27)5-15)11-24-26(20(19)30)22-8-13-4-14(9-22)7-21(6-13,12-22)10-18(28)29/h1-3,5,11,13-14,25,27H,4,6-10,12H2,(H,28,29)/p-1/t13-,14+,21?,22?. The first-order valence-corrected chi connectivity index (χ1v) is 10.7. The number of carbonyl (C=O) groups is 1.